The van der Waals surface area contributed by atoms with Crippen LogP contribution in [0.2, 0.25) is 10.0 Å². The van der Waals surface area contributed by atoms with Crippen molar-refractivity contribution in [3.8, 4) is 5.69 Å². The first kappa shape index (κ1) is 22.8. The number of fused-ring (bicyclic) bond motifs is 1. The van der Waals surface area contributed by atoms with Gasteiger partial charge in [-0.1, -0.05) is 47.5 Å². The lowest BCUT2D eigenvalue weighted by Crippen LogP contribution is -2.37. The van der Waals surface area contributed by atoms with Crippen LogP contribution in [0.3, 0.4) is 0 Å². The normalized spacial score (nSPS) is 11.9. The molecule has 0 aliphatic rings. The molecular formula is C25H22Cl2N4O2. The number of aromatic nitrogens is 2. The Hall–Kier alpha value is -3.35. The van der Waals surface area contributed by atoms with E-state index in [4.69, 9.17) is 28.2 Å². The van der Waals surface area contributed by atoms with Gasteiger partial charge in [-0.15, -0.1) is 0 Å². The lowest BCUT2D eigenvalue weighted by molar-refractivity contribution is 0.205. The molecule has 0 radical (unpaired) electrons. The molecule has 0 fully saturated rings. The monoisotopic (exact) mass is 480 g/mol. The van der Waals surface area contributed by atoms with Gasteiger partial charge in [0, 0.05) is 22.8 Å². The summed E-state index contributed by atoms with van der Waals surface area (Å²) in [4.78, 5) is 32.9. The van der Waals surface area contributed by atoms with Gasteiger partial charge in [-0.2, -0.15) is 0 Å². The highest BCUT2D eigenvalue weighted by molar-refractivity contribution is 6.31. The Morgan fingerprint density at radius 1 is 1.06 bits per heavy atom. The van der Waals surface area contributed by atoms with Crippen LogP contribution >= 0.6 is 23.2 Å². The number of hydrogen-bond acceptors (Lipinski definition) is 3. The van der Waals surface area contributed by atoms with Crippen molar-refractivity contribution in [1.29, 1.82) is 0 Å². The van der Waals surface area contributed by atoms with Crippen molar-refractivity contribution in [3.63, 3.8) is 0 Å². The third-order valence-electron chi connectivity index (χ3n) is 5.63. The van der Waals surface area contributed by atoms with Crippen molar-refractivity contribution in [1.82, 2.24) is 14.5 Å². The summed E-state index contributed by atoms with van der Waals surface area (Å²) in [5.41, 5.74) is 2.27. The second-order valence-corrected chi connectivity index (χ2v) is 8.58. The van der Waals surface area contributed by atoms with Crippen LogP contribution in [0.1, 0.15) is 24.4 Å². The topological polar surface area (TPSA) is 67.2 Å². The second-order valence-electron chi connectivity index (χ2n) is 7.74. The van der Waals surface area contributed by atoms with Gasteiger partial charge in [0.25, 0.3) is 5.56 Å². The molecule has 1 aromatic heterocycles. The van der Waals surface area contributed by atoms with Crippen LogP contribution in [0.25, 0.3) is 16.6 Å². The first-order valence-electron chi connectivity index (χ1n) is 10.3. The molecule has 0 saturated carbocycles. The van der Waals surface area contributed by atoms with Crippen LogP contribution in [0.15, 0.2) is 71.5 Å². The molecule has 4 rings (SSSR count). The lowest BCUT2D eigenvalue weighted by atomic mass is 10.1. The van der Waals surface area contributed by atoms with E-state index in [0.717, 1.165) is 5.56 Å². The number of urea groups is 1. The lowest BCUT2D eigenvalue weighted by Gasteiger charge is -2.27. The fraction of sp³-hybridized carbons (Fsp3) is 0.160. The molecular weight excluding hydrogens is 459 g/mol. The van der Waals surface area contributed by atoms with E-state index in [9.17, 15) is 9.59 Å². The molecule has 2 amide bonds. The molecule has 3 aromatic carbocycles. The number of para-hydroxylation sites is 1. The summed E-state index contributed by atoms with van der Waals surface area (Å²) in [5, 5.41) is 4.37. The van der Waals surface area contributed by atoms with Gasteiger partial charge < -0.3 is 10.2 Å². The second kappa shape index (κ2) is 9.25. The molecule has 0 aliphatic heterocycles. The van der Waals surface area contributed by atoms with E-state index in [1.54, 1.807) is 61.6 Å². The largest absolute Gasteiger partial charge is 0.322 e. The first-order valence-corrected chi connectivity index (χ1v) is 11.1. The number of halogens is 2. The number of nitrogens with zero attached hydrogens (tertiary/aromatic N) is 3. The average Bonchev–Trinajstić information content (AvgIpc) is 2.80. The van der Waals surface area contributed by atoms with Gasteiger partial charge in [0.2, 0.25) is 0 Å². The van der Waals surface area contributed by atoms with Crippen molar-refractivity contribution in [2.45, 2.75) is 19.9 Å². The Morgan fingerprint density at radius 2 is 1.79 bits per heavy atom. The summed E-state index contributed by atoms with van der Waals surface area (Å²) in [5.74, 6) is 0.424. The Labute approximate surface area is 201 Å². The zero-order chi connectivity index (χ0) is 23.7. The SMILES string of the molecule is Cc1c(Cl)cccc1-n1c(C(C)N(C)C(=O)Nc2cccc(Cl)c2)nc2ccccc2c1=O. The highest BCUT2D eigenvalue weighted by Crippen LogP contribution is 2.27. The van der Waals surface area contributed by atoms with Crippen molar-refractivity contribution >= 4 is 45.8 Å². The quantitative estimate of drug-likeness (QED) is 0.376. The average molecular weight is 481 g/mol. The maximum atomic E-state index is 13.6. The van der Waals surface area contributed by atoms with Crippen molar-refractivity contribution < 1.29 is 4.79 Å². The van der Waals surface area contributed by atoms with Crippen LogP contribution < -0.4 is 10.9 Å². The minimum absolute atomic E-state index is 0.225. The smallest absolute Gasteiger partial charge is 0.318 e. The number of carbonyl (C=O) groups is 1. The van der Waals surface area contributed by atoms with E-state index in [2.05, 4.69) is 5.32 Å². The predicted octanol–water partition coefficient (Wildman–Crippen LogP) is 6.23. The van der Waals surface area contributed by atoms with Crippen molar-refractivity contribution in [3.05, 3.63) is 98.5 Å². The fourth-order valence-corrected chi connectivity index (χ4v) is 3.99. The Kier molecular flexibility index (Phi) is 6.40. The molecule has 1 N–H and O–H groups in total. The van der Waals surface area contributed by atoms with Gasteiger partial charge in [-0.05, 0) is 61.9 Å². The first-order chi connectivity index (χ1) is 15.8. The van der Waals surface area contributed by atoms with Gasteiger partial charge in [-0.3, -0.25) is 9.36 Å². The summed E-state index contributed by atoms with van der Waals surface area (Å²) < 4.78 is 1.54. The van der Waals surface area contributed by atoms with Gasteiger partial charge in [0.1, 0.15) is 5.82 Å². The molecule has 1 heterocycles. The summed E-state index contributed by atoms with van der Waals surface area (Å²) in [6, 6.07) is 18.5. The van der Waals surface area contributed by atoms with Gasteiger partial charge >= 0.3 is 6.03 Å². The van der Waals surface area contributed by atoms with Gasteiger partial charge in [-0.25, -0.2) is 9.78 Å². The molecule has 8 heteroatoms. The van der Waals surface area contributed by atoms with Crippen LogP contribution in [0, 0.1) is 6.92 Å². The van der Waals surface area contributed by atoms with E-state index < -0.39 is 6.04 Å². The number of nitrogens with one attached hydrogen (secondary N) is 1. The molecule has 33 heavy (non-hydrogen) atoms. The van der Waals surface area contributed by atoms with Crippen LogP contribution in [-0.2, 0) is 0 Å². The maximum absolute atomic E-state index is 13.6. The molecule has 0 spiro atoms. The van der Waals surface area contributed by atoms with Gasteiger partial charge in [0.05, 0.1) is 22.6 Å². The molecule has 0 aliphatic carbocycles. The van der Waals surface area contributed by atoms with Crippen LogP contribution in [-0.4, -0.2) is 27.5 Å². The number of benzene rings is 3. The number of anilines is 1. The fourth-order valence-electron chi connectivity index (χ4n) is 3.63. The zero-order valence-corrected chi connectivity index (χ0v) is 19.9. The van der Waals surface area contributed by atoms with Crippen LogP contribution in [0.4, 0.5) is 10.5 Å². The minimum Gasteiger partial charge on any atom is -0.318 e. The number of amides is 2. The van der Waals surface area contributed by atoms with E-state index >= 15 is 0 Å². The van der Waals surface area contributed by atoms with Gasteiger partial charge in [0.15, 0.2) is 0 Å². The minimum atomic E-state index is -0.542. The van der Waals surface area contributed by atoms with E-state index in [1.165, 1.54) is 9.47 Å². The molecule has 0 saturated heterocycles. The van der Waals surface area contributed by atoms with E-state index in [0.29, 0.717) is 38.1 Å². The van der Waals surface area contributed by atoms with E-state index in [1.807, 2.05) is 26.0 Å². The molecule has 1 atom stereocenters. The highest BCUT2D eigenvalue weighted by Gasteiger charge is 2.25. The number of hydrogen-bond donors (Lipinski definition) is 1. The summed E-state index contributed by atoms with van der Waals surface area (Å²) in [6.07, 6.45) is 0. The zero-order valence-electron chi connectivity index (χ0n) is 18.3. The Balaban J connectivity index is 1.82. The highest BCUT2D eigenvalue weighted by atomic mass is 35.5. The molecule has 0 bridgehead atoms. The van der Waals surface area contributed by atoms with Crippen LogP contribution in [0.5, 0.6) is 0 Å². The van der Waals surface area contributed by atoms with Crippen molar-refractivity contribution in [2.75, 3.05) is 12.4 Å². The summed E-state index contributed by atoms with van der Waals surface area (Å²) in [7, 11) is 1.65. The van der Waals surface area contributed by atoms with Crippen molar-refractivity contribution in [2.24, 2.45) is 0 Å². The summed E-state index contributed by atoms with van der Waals surface area (Å²) in [6.45, 7) is 3.67. The molecule has 6 nitrogen and oxygen atoms in total. The Morgan fingerprint density at radius 3 is 2.55 bits per heavy atom. The molecule has 4 aromatic rings. The molecule has 168 valence electrons. The third-order valence-corrected chi connectivity index (χ3v) is 6.28. The summed E-state index contributed by atoms with van der Waals surface area (Å²) >= 11 is 12.4. The standard InChI is InChI=1S/C25H22Cl2N4O2/c1-15-20(27)11-7-13-22(15)31-23(29-21-12-5-4-10-19(21)24(31)32)16(2)30(3)25(33)28-18-9-6-8-17(26)14-18/h4-14,16H,1-3H3,(H,28,33). The predicted molar refractivity (Wildman–Crippen MR) is 134 cm³/mol. The van der Waals surface area contributed by atoms with E-state index in [-0.39, 0.29) is 11.6 Å². The number of rotatable bonds is 4. The maximum Gasteiger partial charge on any atom is 0.322 e. The molecule has 1 unspecified atom stereocenters. The Bertz CT molecular complexity index is 1420. The number of carbonyl (C=O) groups excluding carboxylic acids is 1. The third kappa shape index (κ3) is 4.45.